The number of hydrogen-bond acceptors (Lipinski definition) is 3. The third-order valence-electron chi connectivity index (χ3n) is 4.61. The summed E-state index contributed by atoms with van der Waals surface area (Å²) in [4.78, 5) is 0. The molecule has 6 heteroatoms. The molecule has 1 atom stereocenters. The molecule has 0 radical (unpaired) electrons. The molecule has 23 heavy (non-hydrogen) atoms. The smallest absolute Gasteiger partial charge is 1.00 e. The van der Waals surface area contributed by atoms with Crippen LogP contribution in [0.1, 0.15) is 98.7 Å². The Morgan fingerprint density at radius 1 is 0.870 bits per heavy atom. The predicted molar refractivity (Wildman–Crippen MR) is 95.8 cm³/mol. The minimum Gasteiger partial charge on any atom is -1.00 e. The molecule has 136 valence electrons. The second-order valence-electron chi connectivity index (χ2n) is 6.77. The van der Waals surface area contributed by atoms with Gasteiger partial charge in [-0.3, -0.25) is 4.55 Å². The van der Waals surface area contributed by atoms with Gasteiger partial charge in [-0.1, -0.05) is 84.0 Å². The zero-order chi connectivity index (χ0) is 16.9. The zero-order valence-corrected chi connectivity index (χ0v) is 18.5. The molecule has 3 N–H and O–H groups in total. The molecular formula is C17H38NNaO3S. The second kappa shape index (κ2) is 15.2. The van der Waals surface area contributed by atoms with Crippen molar-refractivity contribution in [1.82, 2.24) is 0 Å². The third kappa shape index (κ3) is 12.8. The SMILES string of the molecule is CCCCCCCCCCCCCCC(C)(CN)S(=O)(=O)O.[H-].[Na+]. The van der Waals surface area contributed by atoms with Crippen LogP contribution in [0.2, 0.25) is 0 Å². The van der Waals surface area contributed by atoms with Gasteiger partial charge >= 0.3 is 29.6 Å². The molecule has 0 amide bonds. The topological polar surface area (TPSA) is 80.4 Å². The van der Waals surface area contributed by atoms with Crippen LogP contribution in [0.25, 0.3) is 0 Å². The van der Waals surface area contributed by atoms with E-state index < -0.39 is 14.9 Å². The maximum absolute atomic E-state index is 11.3. The normalized spacial score (nSPS) is 14.3. The predicted octanol–water partition coefficient (Wildman–Crippen LogP) is 1.80. The zero-order valence-electron chi connectivity index (χ0n) is 16.6. The van der Waals surface area contributed by atoms with Crippen molar-refractivity contribution in [2.24, 2.45) is 5.73 Å². The molecule has 4 nitrogen and oxygen atoms in total. The van der Waals surface area contributed by atoms with E-state index in [2.05, 4.69) is 6.92 Å². The van der Waals surface area contributed by atoms with Gasteiger partial charge in [0.15, 0.2) is 0 Å². The minimum atomic E-state index is -4.05. The fourth-order valence-electron chi connectivity index (χ4n) is 2.68. The summed E-state index contributed by atoms with van der Waals surface area (Å²) in [7, 11) is -4.05. The van der Waals surface area contributed by atoms with Crippen LogP contribution in [0.3, 0.4) is 0 Å². The van der Waals surface area contributed by atoms with Gasteiger partial charge in [0.1, 0.15) is 4.75 Å². The summed E-state index contributed by atoms with van der Waals surface area (Å²) >= 11 is 0. The van der Waals surface area contributed by atoms with Gasteiger partial charge < -0.3 is 7.16 Å². The standard InChI is InChI=1S/C17H37NO3S.Na.H/c1-3-4-5-6-7-8-9-10-11-12-13-14-15-17(2,16-18)22(19,20)21;;/h3-16,18H2,1-2H3,(H,19,20,21);;/q;+1;-1. The van der Waals surface area contributed by atoms with Crippen molar-refractivity contribution in [2.75, 3.05) is 6.54 Å². The molecule has 0 saturated heterocycles. The van der Waals surface area contributed by atoms with Crippen LogP contribution in [0.4, 0.5) is 0 Å². The first-order valence-corrected chi connectivity index (χ1v) is 10.5. The van der Waals surface area contributed by atoms with E-state index in [0.717, 1.165) is 19.3 Å². The van der Waals surface area contributed by atoms with E-state index >= 15 is 0 Å². The van der Waals surface area contributed by atoms with Crippen LogP contribution in [0, 0.1) is 0 Å². The molecule has 0 fully saturated rings. The van der Waals surface area contributed by atoms with E-state index in [9.17, 15) is 13.0 Å². The van der Waals surface area contributed by atoms with Gasteiger partial charge in [0, 0.05) is 6.54 Å². The molecule has 0 aromatic carbocycles. The van der Waals surface area contributed by atoms with Gasteiger partial charge in [-0.15, -0.1) is 0 Å². The molecule has 0 aliphatic carbocycles. The molecule has 1 unspecified atom stereocenters. The van der Waals surface area contributed by atoms with E-state index in [-0.39, 0.29) is 37.5 Å². The van der Waals surface area contributed by atoms with Crippen LogP contribution in [0.5, 0.6) is 0 Å². The molecular weight excluding hydrogens is 321 g/mol. The van der Waals surface area contributed by atoms with E-state index in [0.29, 0.717) is 6.42 Å². The van der Waals surface area contributed by atoms with E-state index in [1.54, 1.807) is 0 Å². The maximum atomic E-state index is 11.3. The average molecular weight is 360 g/mol. The first-order chi connectivity index (χ1) is 10.4. The monoisotopic (exact) mass is 359 g/mol. The average Bonchev–Trinajstić information content (AvgIpc) is 2.47. The van der Waals surface area contributed by atoms with E-state index in [1.807, 2.05) is 0 Å². The Bertz CT molecular complexity index is 369. The van der Waals surface area contributed by atoms with Crippen molar-refractivity contribution in [3.05, 3.63) is 0 Å². The van der Waals surface area contributed by atoms with Gasteiger partial charge in [0.05, 0.1) is 0 Å². The molecule has 0 aliphatic rings. The molecule has 0 saturated carbocycles. The quantitative estimate of drug-likeness (QED) is 0.265. The summed E-state index contributed by atoms with van der Waals surface area (Å²) in [5, 5.41) is 0. The number of nitrogens with two attached hydrogens (primary N) is 1. The Labute approximate surface area is 167 Å². The van der Waals surface area contributed by atoms with Crippen molar-refractivity contribution >= 4 is 10.1 Å². The van der Waals surface area contributed by atoms with Crippen molar-refractivity contribution < 1.29 is 44.0 Å². The summed E-state index contributed by atoms with van der Waals surface area (Å²) < 4.78 is 30.6. The van der Waals surface area contributed by atoms with Crippen molar-refractivity contribution in [2.45, 2.75) is 102 Å². The summed E-state index contributed by atoms with van der Waals surface area (Å²) in [6.07, 6.45) is 15.4. The van der Waals surface area contributed by atoms with Crippen LogP contribution in [0.15, 0.2) is 0 Å². The minimum absolute atomic E-state index is 0. The Hall–Kier alpha value is 0.870. The molecule has 0 rings (SSSR count). The maximum Gasteiger partial charge on any atom is 1.00 e. The van der Waals surface area contributed by atoms with Crippen molar-refractivity contribution in [1.29, 1.82) is 0 Å². The van der Waals surface area contributed by atoms with Gasteiger partial charge in [-0.05, 0) is 13.3 Å². The molecule has 0 bridgehead atoms. The van der Waals surface area contributed by atoms with Gasteiger partial charge in [0.25, 0.3) is 10.1 Å². The molecule has 0 spiro atoms. The van der Waals surface area contributed by atoms with E-state index in [4.69, 9.17) is 5.73 Å². The Morgan fingerprint density at radius 3 is 1.52 bits per heavy atom. The van der Waals surface area contributed by atoms with E-state index in [1.165, 1.54) is 64.7 Å². The molecule has 0 heterocycles. The second-order valence-corrected chi connectivity index (χ2v) is 8.70. The number of hydrogen-bond donors (Lipinski definition) is 2. The fraction of sp³-hybridized carbons (Fsp3) is 1.00. The summed E-state index contributed by atoms with van der Waals surface area (Å²) in [5.41, 5.74) is 5.49. The van der Waals surface area contributed by atoms with Crippen LogP contribution < -0.4 is 35.3 Å². The molecule has 0 aromatic rings. The van der Waals surface area contributed by atoms with Gasteiger partial charge in [-0.25, -0.2) is 0 Å². The Morgan fingerprint density at radius 2 is 1.22 bits per heavy atom. The first kappa shape index (κ1) is 26.1. The van der Waals surface area contributed by atoms with Gasteiger partial charge in [0.2, 0.25) is 0 Å². The van der Waals surface area contributed by atoms with Crippen molar-refractivity contribution in [3.63, 3.8) is 0 Å². The number of unbranched alkanes of at least 4 members (excludes halogenated alkanes) is 11. The molecule has 0 aliphatic heterocycles. The first-order valence-electron chi connectivity index (χ1n) is 9.04. The van der Waals surface area contributed by atoms with Gasteiger partial charge in [-0.2, -0.15) is 8.42 Å². The Balaban J connectivity index is -0.00000220. The van der Waals surface area contributed by atoms with Crippen LogP contribution >= 0.6 is 0 Å². The van der Waals surface area contributed by atoms with Crippen molar-refractivity contribution in [3.8, 4) is 0 Å². The van der Waals surface area contributed by atoms with Crippen LogP contribution in [-0.2, 0) is 10.1 Å². The number of rotatable bonds is 15. The fourth-order valence-corrected chi connectivity index (χ4v) is 3.29. The summed E-state index contributed by atoms with van der Waals surface area (Å²) in [6, 6.07) is 0. The largest absolute Gasteiger partial charge is 1.00 e. The summed E-state index contributed by atoms with van der Waals surface area (Å²) in [5.74, 6) is 0. The third-order valence-corrected chi connectivity index (χ3v) is 6.23. The van der Waals surface area contributed by atoms with Crippen LogP contribution in [-0.4, -0.2) is 24.3 Å². The summed E-state index contributed by atoms with van der Waals surface area (Å²) in [6.45, 7) is 3.75. The molecule has 0 aromatic heterocycles. The Kier molecular flexibility index (Phi) is 17.2.